The molecule has 0 spiro atoms. The molecular weight excluding hydrogens is 280 g/mol. The Morgan fingerprint density at radius 3 is 2.74 bits per heavy atom. The fourth-order valence-electron chi connectivity index (χ4n) is 1.56. The molecule has 0 unspecified atom stereocenters. The molecule has 0 amide bonds. The monoisotopic (exact) mass is 292 g/mol. The average molecular weight is 292 g/mol. The molecule has 0 aliphatic carbocycles. The number of sulfonamides is 1. The SMILES string of the molecule is Cc1ccc(CNS(=O)(=O)c2cccc(C#N)c2)s1. The highest BCUT2D eigenvalue weighted by Gasteiger charge is 2.14. The van der Waals surface area contributed by atoms with Gasteiger partial charge in [-0.3, -0.25) is 0 Å². The van der Waals surface area contributed by atoms with Crippen molar-refractivity contribution in [2.75, 3.05) is 0 Å². The highest BCUT2D eigenvalue weighted by molar-refractivity contribution is 7.89. The minimum atomic E-state index is -3.58. The first-order chi connectivity index (χ1) is 9.01. The van der Waals surface area contributed by atoms with Crippen molar-refractivity contribution >= 4 is 21.4 Å². The molecule has 1 heterocycles. The zero-order valence-corrected chi connectivity index (χ0v) is 11.9. The Bertz CT molecular complexity index is 727. The fourth-order valence-corrected chi connectivity index (χ4v) is 3.54. The van der Waals surface area contributed by atoms with Gasteiger partial charge in [-0.25, -0.2) is 13.1 Å². The average Bonchev–Trinajstić information content (AvgIpc) is 2.82. The number of nitrogens with zero attached hydrogens (tertiary/aromatic N) is 1. The van der Waals surface area contributed by atoms with Crippen molar-refractivity contribution in [3.05, 3.63) is 51.7 Å². The van der Waals surface area contributed by atoms with Crippen LogP contribution in [0, 0.1) is 18.3 Å². The molecule has 2 rings (SSSR count). The van der Waals surface area contributed by atoms with E-state index in [1.807, 2.05) is 25.1 Å². The number of nitrogens with one attached hydrogen (secondary N) is 1. The molecule has 2 aromatic rings. The van der Waals surface area contributed by atoms with E-state index in [0.29, 0.717) is 5.56 Å². The van der Waals surface area contributed by atoms with Crippen LogP contribution in [0.2, 0.25) is 0 Å². The second-order valence-electron chi connectivity index (χ2n) is 3.98. The molecule has 0 saturated heterocycles. The molecule has 19 heavy (non-hydrogen) atoms. The van der Waals surface area contributed by atoms with Crippen LogP contribution in [0.15, 0.2) is 41.3 Å². The largest absolute Gasteiger partial charge is 0.240 e. The van der Waals surface area contributed by atoms with Gasteiger partial charge in [0.1, 0.15) is 0 Å². The Labute approximate surface area is 116 Å². The second-order valence-corrected chi connectivity index (χ2v) is 7.12. The number of aryl methyl sites for hydroxylation is 1. The maximum atomic E-state index is 12.1. The van der Waals surface area contributed by atoms with Crippen LogP contribution in [0.3, 0.4) is 0 Å². The van der Waals surface area contributed by atoms with Crippen molar-refractivity contribution in [2.45, 2.75) is 18.4 Å². The van der Waals surface area contributed by atoms with E-state index in [4.69, 9.17) is 5.26 Å². The zero-order chi connectivity index (χ0) is 13.9. The van der Waals surface area contributed by atoms with Crippen molar-refractivity contribution in [3.63, 3.8) is 0 Å². The standard InChI is InChI=1S/C13H12N2O2S2/c1-10-5-6-12(18-10)9-15-19(16,17)13-4-2-3-11(7-13)8-14/h2-7,15H,9H2,1H3. The lowest BCUT2D eigenvalue weighted by Gasteiger charge is -2.05. The van der Waals surface area contributed by atoms with E-state index in [9.17, 15) is 8.42 Å². The van der Waals surface area contributed by atoms with Crippen LogP contribution in [0.1, 0.15) is 15.3 Å². The van der Waals surface area contributed by atoms with Crippen LogP contribution in [0.4, 0.5) is 0 Å². The van der Waals surface area contributed by atoms with Gasteiger partial charge in [0.05, 0.1) is 16.5 Å². The van der Waals surface area contributed by atoms with Crippen LogP contribution >= 0.6 is 11.3 Å². The Balaban J connectivity index is 2.16. The summed E-state index contributed by atoms with van der Waals surface area (Å²) in [5.74, 6) is 0. The van der Waals surface area contributed by atoms with Crippen molar-refractivity contribution in [1.29, 1.82) is 5.26 Å². The predicted molar refractivity (Wildman–Crippen MR) is 74.2 cm³/mol. The summed E-state index contributed by atoms with van der Waals surface area (Å²) < 4.78 is 26.7. The Morgan fingerprint density at radius 2 is 2.11 bits per heavy atom. The summed E-state index contributed by atoms with van der Waals surface area (Å²) in [6, 6.07) is 11.7. The van der Waals surface area contributed by atoms with E-state index in [2.05, 4.69) is 4.72 Å². The molecular formula is C13H12N2O2S2. The molecule has 0 atom stereocenters. The lowest BCUT2D eigenvalue weighted by Crippen LogP contribution is -2.22. The summed E-state index contributed by atoms with van der Waals surface area (Å²) in [6.45, 7) is 2.23. The van der Waals surface area contributed by atoms with Crippen LogP contribution in [-0.2, 0) is 16.6 Å². The smallest absolute Gasteiger partial charge is 0.207 e. The van der Waals surface area contributed by atoms with Crippen LogP contribution in [-0.4, -0.2) is 8.42 Å². The topological polar surface area (TPSA) is 70.0 Å². The summed E-state index contributed by atoms with van der Waals surface area (Å²) >= 11 is 1.55. The molecule has 1 aromatic carbocycles. The van der Waals surface area contributed by atoms with Gasteiger partial charge < -0.3 is 0 Å². The van der Waals surface area contributed by atoms with Gasteiger partial charge in [0.15, 0.2) is 0 Å². The van der Waals surface area contributed by atoms with E-state index >= 15 is 0 Å². The molecule has 4 nitrogen and oxygen atoms in total. The highest BCUT2D eigenvalue weighted by Crippen LogP contribution is 2.16. The van der Waals surface area contributed by atoms with Gasteiger partial charge in [0.2, 0.25) is 10.0 Å². The normalized spacial score (nSPS) is 11.2. The third-order valence-electron chi connectivity index (χ3n) is 2.51. The summed E-state index contributed by atoms with van der Waals surface area (Å²) in [7, 11) is -3.58. The second kappa shape index (κ2) is 5.53. The van der Waals surface area contributed by atoms with Crippen molar-refractivity contribution in [3.8, 4) is 6.07 Å². The van der Waals surface area contributed by atoms with Gasteiger partial charge in [0, 0.05) is 16.3 Å². The molecule has 0 saturated carbocycles. The van der Waals surface area contributed by atoms with E-state index < -0.39 is 10.0 Å². The number of rotatable bonds is 4. The molecule has 0 radical (unpaired) electrons. The Hall–Kier alpha value is -1.68. The van der Waals surface area contributed by atoms with Gasteiger partial charge in [-0.2, -0.15) is 5.26 Å². The van der Waals surface area contributed by atoms with Gasteiger partial charge in [-0.15, -0.1) is 11.3 Å². The molecule has 0 fully saturated rings. The summed E-state index contributed by atoms with van der Waals surface area (Å²) in [4.78, 5) is 2.21. The molecule has 0 aliphatic heterocycles. The zero-order valence-electron chi connectivity index (χ0n) is 10.3. The van der Waals surface area contributed by atoms with Gasteiger partial charge >= 0.3 is 0 Å². The van der Waals surface area contributed by atoms with Crippen LogP contribution < -0.4 is 4.72 Å². The molecule has 1 aromatic heterocycles. The number of benzene rings is 1. The van der Waals surface area contributed by atoms with Crippen LogP contribution in [0.5, 0.6) is 0 Å². The van der Waals surface area contributed by atoms with E-state index in [-0.39, 0.29) is 11.4 Å². The van der Waals surface area contributed by atoms with Gasteiger partial charge in [-0.05, 0) is 37.3 Å². The number of hydrogen-bond donors (Lipinski definition) is 1. The molecule has 0 aliphatic rings. The molecule has 0 bridgehead atoms. The maximum absolute atomic E-state index is 12.1. The summed E-state index contributed by atoms with van der Waals surface area (Å²) in [6.07, 6.45) is 0. The van der Waals surface area contributed by atoms with Crippen LogP contribution in [0.25, 0.3) is 0 Å². The maximum Gasteiger partial charge on any atom is 0.240 e. The highest BCUT2D eigenvalue weighted by atomic mass is 32.2. The molecule has 98 valence electrons. The predicted octanol–water partition coefficient (Wildman–Crippen LogP) is 2.41. The van der Waals surface area contributed by atoms with Crippen molar-refractivity contribution in [1.82, 2.24) is 4.72 Å². The summed E-state index contributed by atoms with van der Waals surface area (Å²) in [5.41, 5.74) is 0.329. The molecule has 1 N–H and O–H groups in total. The number of hydrogen-bond acceptors (Lipinski definition) is 4. The van der Waals surface area contributed by atoms with Crippen molar-refractivity contribution < 1.29 is 8.42 Å². The minimum Gasteiger partial charge on any atom is -0.207 e. The Morgan fingerprint density at radius 1 is 1.32 bits per heavy atom. The quantitative estimate of drug-likeness (QED) is 0.940. The third-order valence-corrected chi connectivity index (χ3v) is 4.91. The first-order valence-electron chi connectivity index (χ1n) is 5.56. The number of thiophene rings is 1. The first kappa shape index (κ1) is 13.7. The summed E-state index contributed by atoms with van der Waals surface area (Å²) in [5, 5.41) is 8.77. The van der Waals surface area contributed by atoms with Crippen molar-refractivity contribution in [2.24, 2.45) is 0 Å². The van der Waals surface area contributed by atoms with Gasteiger partial charge in [-0.1, -0.05) is 6.07 Å². The first-order valence-corrected chi connectivity index (χ1v) is 7.86. The van der Waals surface area contributed by atoms with E-state index in [0.717, 1.165) is 9.75 Å². The number of nitriles is 1. The Kier molecular flexibility index (Phi) is 4.00. The third kappa shape index (κ3) is 3.41. The lowest BCUT2D eigenvalue weighted by atomic mass is 10.2. The van der Waals surface area contributed by atoms with E-state index in [1.165, 1.54) is 12.1 Å². The molecule has 6 heteroatoms. The lowest BCUT2D eigenvalue weighted by molar-refractivity contribution is 0.582. The fraction of sp³-hybridized carbons (Fsp3) is 0.154. The van der Waals surface area contributed by atoms with Gasteiger partial charge in [0.25, 0.3) is 0 Å². The van der Waals surface area contributed by atoms with E-state index in [1.54, 1.807) is 23.5 Å². The minimum absolute atomic E-state index is 0.111.